The number of sulfonamides is 1. The van der Waals surface area contributed by atoms with E-state index in [2.05, 4.69) is 0 Å². The average molecular weight is 406 g/mol. The average Bonchev–Trinajstić information content (AvgIpc) is 2.54. The fraction of sp³-hybridized carbons (Fsp3) is 0.333. The normalized spacial score (nSPS) is 13.2. The number of aryl methyl sites for hydroxylation is 1. The third-order valence-corrected chi connectivity index (χ3v) is 6.50. The molecule has 0 bridgehead atoms. The van der Waals surface area contributed by atoms with Gasteiger partial charge in [-0.15, -0.1) is 0 Å². The lowest BCUT2D eigenvalue weighted by Crippen LogP contribution is -2.42. The van der Waals surface area contributed by atoms with E-state index in [9.17, 15) is 18.0 Å². The molecule has 0 radical (unpaired) electrons. The van der Waals surface area contributed by atoms with Crippen molar-refractivity contribution in [2.24, 2.45) is 14.1 Å². The zero-order valence-electron chi connectivity index (χ0n) is 14.0. The molecule has 25 heavy (non-hydrogen) atoms. The van der Waals surface area contributed by atoms with Crippen molar-refractivity contribution in [3.8, 4) is 0 Å². The van der Waals surface area contributed by atoms with E-state index in [0.717, 1.165) is 19.6 Å². The Labute approximate surface area is 155 Å². The van der Waals surface area contributed by atoms with Crippen LogP contribution < -0.4 is 11.2 Å². The molecule has 1 unspecified atom stereocenters. The lowest BCUT2D eigenvalue weighted by atomic mass is 10.1. The highest BCUT2D eigenvalue weighted by Crippen LogP contribution is 2.31. The van der Waals surface area contributed by atoms with Crippen LogP contribution in [0.5, 0.6) is 0 Å². The molecule has 2 rings (SSSR count). The van der Waals surface area contributed by atoms with Crippen LogP contribution in [0.15, 0.2) is 38.9 Å². The van der Waals surface area contributed by atoms with E-state index in [1.807, 2.05) is 0 Å². The molecule has 1 aromatic carbocycles. The number of halogens is 2. The molecule has 0 saturated carbocycles. The molecule has 7 nitrogen and oxygen atoms in total. The third-order valence-electron chi connectivity index (χ3n) is 4.03. The summed E-state index contributed by atoms with van der Waals surface area (Å²) >= 11 is 12.0. The van der Waals surface area contributed by atoms with Gasteiger partial charge < -0.3 is 4.57 Å². The minimum Gasteiger partial charge on any atom is -0.302 e. The molecule has 0 saturated heterocycles. The molecular weight excluding hydrogens is 389 g/mol. The van der Waals surface area contributed by atoms with E-state index in [-0.39, 0.29) is 0 Å². The highest BCUT2D eigenvalue weighted by Gasteiger charge is 2.31. The maximum Gasteiger partial charge on any atom is 0.330 e. The first-order valence-electron chi connectivity index (χ1n) is 7.18. The Morgan fingerprint density at radius 1 is 1.16 bits per heavy atom. The van der Waals surface area contributed by atoms with Crippen LogP contribution >= 0.6 is 23.2 Å². The molecule has 1 heterocycles. The van der Waals surface area contributed by atoms with Gasteiger partial charge in [0.25, 0.3) is 5.56 Å². The predicted octanol–water partition coefficient (Wildman–Crippen LogP) is 1.77. The van der Waals surface area contributed by atoms with Gasteiger partial charge in [0.2, 0.25) is 10.0 Å². The molecule has 0 aliphatic carbocycles. The van der Waals surface area contributed by atoms with Gasteiger partial charge in [-0.1, -0.05) is 29.3 Å². The summed E-state index contributed by atoms with van der Waals surface area (Å²) in [6.45, 7) is 1.64. The Balaban J connectivity index is 2.57. The molecular formula is C15H17Cl2N3O4S. The molecule has 10 heteroatoms. The Hall–Kier alpha value is -1.61. The van der Waals surface area contributed by atoms with Crippen molar-refractivity contribution >= 4 is 33.2 Å². The van der Waals surface area contributed by atoms with Gasteiger partial charge in [0.15, 0.2) is 4.90 Å². The van der Waals surface area contributed by atoms with Gasteiger partial charge in [0.05, 0.1) is 0 Å². The van der Waals surface area contributed by atoms with E-state index in [1.165, 1.54) is 27.2 Å². The number of aromatic nitrogens is 2. The summed E-state index contributed by atoms with van der Waals surface area (Å²) in [5, 5.41) is 0.744. The van der Waals surface area contributed by atoms with Crippen LogP contribution in [0.4, 0.5) is 0 Å². The first-order chi connectivity index (χ1) is 11.5. The molecule has 0 N–H and O–H groups in total. The Morgan fingerprint density at radius 3 is 2.32 bits per heavy atom. The standard InChI is InChI=1S/C15H17Cl2N3O4S/c1-9(11-6-5-10(16)7-12(11)17)20(4)25(23,24)13-8-18(2)15(22)19(3)14(13)21/h5-9H,1-4H3. The maximum absolute atomic E-state index is 12.9. The van der Waals surface area contributed by atoms with Crippen molar-refractivity contribution in [3.63, 3.8) is 0 Å². The fourth-order valence-corrected chi connectivity index (χ4v) is 4.41. The van der Waals surface area contributed by atoms with Crippen LogP contribution in [-0.2, 0) is 24.1 Å². The molecule has 0 fully saturated rings. The van der Waals surface area contributed by atoms with Crippen molar-refractivity contribution < 1.29 is 8.42 Å². The quantitative estimate of drug-likeness (QED) is 0.775. The second-order valence-corrected chi connectivity index (χ2v) is 8.42. The predicted molar refractivity (Wildman–Crippen MR) is 96.7 cm³/mol. The van der Waals surface area contributed by atoms with Crippen molar-refractivity contribution in [2.45, 2.75) is 17.9 Å². The number of hydrogen-bond donors (Lipinski definition) is 0. The lowest BCUT2D eigenvalue weighted by molar-refractivity contribution is 0.396. The number of rotatable bonds is 4. The summed E-state index contributed by atoms with van der Waals surface area (Å²) < 4.78 is 28.6. The summed E-state index contributed by atoms with van der Waals surface area (Å²) in [6.07, 6.45) is 1.02. The van der Waals surface area contributed by atoms with Gasteiger partial charge in [-0.3, -0.25) is 9.36 Å². The summed E-state index contributed by atoms with van der Waals surface area (Å²) in [4.78, 5) is 23.5. The number of hydrogen-bond acceptors (Lipinski definition) is 4. The summed E-state index contributed by atoms with van der Waals surface area (Å²) in [5.74, 6) is 0. The maximum atomic E-state index is 12.9. The molecule has 1 atom stereocenters. The SMILES string of the molecule is CC(c1ccc(Cl)cc1Cl)N(C)S(=O)(=O)c1cn(C)c(=O)n(C)c1=O. The van der Waals surface area contributed by atoms with Crippen LogP contribution in [0.25, 0.3) is 0 Å². The molecule has 136 valence electrons. The zero-order chi connectivity index (χ0) is 19.1. The van der Waals surface area contributed by atoms with E-state index in [4.69, 9.17) is 23.2 Å². The lowest BCUT2D eigenvalue weighted by Gasteiger charge is -2.25. The minimum atomic E-state index is -4.16. The van der Waals surface area contributed by atoms with Crippen molar-refractivity contribution in [1.82, 2.24) is 13.4 Å². The van der Waals surface area contributed by atoms with Crippen LogP contribution in [0.3, 0.4) is 0 Å². The van der Waals surface area contributed by atoms with Gasteiger partial charge >= 0.3 is 5.69 Å². The van der Waals surface area contributed by atoms with Gasteiger partial charge in [-0.25, -0.2) is 13.2 Å². The van der Waals surface area contributed by atoms with E-state index < -0.39 is 32.2 Å². The van der Waals surface area contributed by atoms with Crippen LogP contribution in [0, 0.1) is 0 Å². The van der Waals surface area contributed by atoms with Crippen molar-refractivity contribution in [1.29, 1.82) is 0 Å². The molecule has 1 aromatic heterocycles. The summed E-state index contributed by atoms with van der Waals surface area (Å²) in [7, 11) is -0.214. The topological polar surface area (TPSA) is 81.4 Å². The van der Waals surface area contributed by atoms with E-state index in [1.54, 1.807) is 19.1 Å². The van der Waals surface area contributed by atoms with Gasteiger partial charge in [0, 0.05) is 43.4 Å². The van der Waals surface area contributed by atoms with Gasteiger partial charge in [-0.05, 0) is 24.6 Å². The molecule has 2 aromatic rings. The number of nitrogens with zero attached hydrogens (tertiary/aromatic N) is 3. The van der Waals surface area contributed by atoms with Gasteiger partial charge in [0.1, 0.15) is 0 Å². The largest absolute Gasteiger partial charge is 0.330 e. The Kier molecular flexibility index (Phi) is 5.48. The smallest absolute Gasteiger partial charge is 0.302 e. The zero-order valence-corrected chi connectivity index (χ0v) is 16.4. The first-order valence-corrected chi connectivity index (χ1v) is 9.37. The Bertz CT molecular complexity index is 1040. The highest BCUT2D eigenvalue weighted by atomic mass is 35.5. The minimum absolute atomic E-state index is 0.315. The molecule has 0 aliphatic rings. The van der Waals surface area contributed by atoms with E-state index >= 15 is 0 Å². The summed E-state index contributed by atoms with van der Waals surface area (Å²) in [5.41, 5.74) is -0.955. The molecule has 0 spiro atoms. The fourth-order valence-electron chi connectivity index (χ4n) is 2.35. The van der Waals surface area contributed by atoms with Crippen LogP contribution in [0.1, 0.15) is 18.5 Å². The highest BCUT2D eigenvalue weighted by molar-refractivity contribution is 7.89. The van der Waals surface area contributed by atoms with Crippen molar-refractivity contribution in [2.75, 3.05) is 7.05 Å². The van der Waals surface area contributed by atoms with Crippen LogP contribution in [-0.4, -0.2) is 28.9 Å². The Morgan fingerprint density at radius 2 is 1.76 bits per heavy atom. The molecule has 0 amide bonds. The summed E-state index contributed by atoms with van der Waals surface area (Å²) in [6, 6.07) is 4.09. The van der Waals surface area contributed by atoms with Gasteiger partial charge in [-0.2, -0.15) is 4.31 Å². The van der Waals surface area contributed by atoms with E-state index in [0.29, 0.717) is 15.6 Å². The number of benzene rings is 1. The molecule has 0 aliphatic heterocycles. The monoisotopic (exact) mass is 405 g/mol. The third kappa shape index (κ3) is 3.52. The van der Waals surface area contributed by atoms with Crippen LogP contribution in [0.2, 0.25) is 10.0 Å². The second-order valence-electron chi connectivity index (χ2n) is 5.61. The first kappa shape index (κ1) is 19.7. The second kappa shape index (κ2) is 6.95. The van der Waals surface area contributed by atoms with Crippen molar-refractivity contribution in [3.05, 3.63) is 60.8 Å².